The van der Waals surface area contributed by atoms with E-state index >= 15 is 0 Å². The maximum atomic E-state index is 14.8. The SMILES string of the molecule is NS(=O)(=O)OC[C@H]1C[C@@H](Cc2ncncc2C(=O)c2ccn(Cc3ccccc3C(F)(F)F)n2)[C@H](O)[C@@H]1O.NS(=O)(=O)OC[C@H]1C[C@@H](Nc2ncncc2C(=O)c2ccn(Cc3cc(C(F)(F)F)ccc3Cl)n2)[C@@H](F)[C@@H]1O.NS(=O)(=O)OC[C@H]1C[C@@H](Nc2ncncc2C(=O)c2ccn(Cc3ccc(Cl)o3)c2)C[C@@H]1O. The molecular weight excluding hydrogens is 1580 g/mol. The van der Waals surface area contributed by atoms with Gasteiger partial charge in [0.2, 0.25) is 11.6 Å². The maximum absolute atomic E-state index is 14.8. The Balaban J connectivity index is 0.000000176. The molecule has 2 aromatic carbocycles. The molecule has 7 heterocycles. The lowest BCUT2D eigenvalue weighted by atomic mass is 9.95. The molecule has 0 radical (unpaired) electrons. The number of carbonyl (C=O) groups excluding carboxylic acids is 3. The summed E-state index contributed by atoms with van der Waals surface area (Å²) in [4.78, 5) is 63.5. The number of nitrogens with two attached hydrogens (primary N) is 3. The van der Waals surface area contributed by atoms with Gasteiger partial charge in [0.1, 0.15) is 53.9 Å². The van der Waals surface area contributed by atoms with Gasteiger partial charge in [0.15, 0.2) is 11.0 Å². The number of anilines is 2. The smallest absolute Gasteiger partial charge is 0.416 e. The Morgan fingerprint density at radius 1 is 0.582 bits per heavy atom. The minimum absolute atomic E-state index is 0.0134. The number of benzene rings is 2. The van der Waals surface area contributed by atoms with Crippen LogP contribution in [0.3, 0.4) is 0 Å². The van der Waals surface area contributed by atoms with Crippen molar-refractivity contribution in [2.45, 2.75) is 107 Å². The van der Waals surface area contributed by atoms with Crippen LogP contribution in [0.1, 0.15) is 107 Å². The second kappa shape index (κ2) is 35.0. The van der Waals surface area contributed by atoms with Crippen molar-refractivity contribution < 1.29 is 108 Å². The zero-order valence-corrected chi connectivity index (χ0v) is 60.7. The second-order valence-corrected chi connectivity index (χ2v) is 30.0. The first kappa shape index (κ1) is 83.3. The molecule has 3 saturated carbocycles. The number of ketones is 3. The minimum atomic E-state index is -4.57. The Morgan fingerprint density at radius 3 is 1.72 bits per heavy atom. The number of carbonyl (C=O) groups is 3. The van der Waals surface area contributed by atoms with E-state index < -0.39 is 139 Å². The van der Waals surface area contributed by atoms with E-state index in [1.165, 1.54) is 83.3 Å². The van der Waals surface area contributed by atoms with E-state index in [0.717, 1.165) is 30.6 Å². The Labute approximate surface area is 630 Å². The van der Waals surface area contributed by atoms with Gasteiger partial charge in [0, 0.05) is 77.8 Å². The van der Waals surface area contributed by atoms with Crippen molar-refractivity contribution in [3.8, 4) is 0 Å². The molecule has 7 aromatic heterocycles. The first-order valence-electron chi connectivity index (χ1n) is 32.7. The number of hydrogen-bond acceptors (Lipinski definition) is 27. The fourth-order valence-corrected chi connectivity index (χ4v) is 13.9. The van der Waals surface area contributed by atoms with Crippen molar-refractivity contribution in [1.29, 1.82) is 0 Å². The number of aliphatic hydroxyl groups is 4. The Bertz CT molecular complexity index is 5120. The van der Waals surface area contributed by atoms with E-state index in [1.807, 2.05) is 0 Å². The molecule has 0 aliphatic heterocycles. The number of aliphatic hydroxyl groups excluding tert-OH is 4. The van der Waals surface area contributed by atoms with Crippen LogP contribution in [0.25, 0.3) is 0 Å². The fourth-order valence-electron chi connectivity index (χ4n) is 12.5. The molecule has 12 rings (SSSR count). The third-order valence-corrected chi connectivity index (χ3v) is 19.8. The summed E-state index contributed by atoms with van der Waals surface area (Å²) in [7, 11) is -12.6. The number of aromatic nitrogens is 11. The number of rotatable bonds is 27. The van der Waals surface area contributed by atoms with E-state index in [-0.39, 0.29) is 107 Å². The number of furan rings is 1. The normalized spacial score (nSPS) is 21.5. The molecule has 12 N–H and O–H groups in total. The van der Waals surface area contributed by atoms with Gasteiger partial charge in [0.05, 0.1) is 103 Å². The van der Waals surface area contributed by atoms with Crippen molar-refractivity contribution in [1.82, 2.24) is 54.0 Å². The van der Waals surface area contributed by atoms with Crippen LogP contribution in [0.4, 0.5) is 42.4 Å². The number of halogens is 9. The summed E-state index contributed by atoms with van der Waals surface area (Å²) < 4.78 is 183. The van der Waals surface area contributed by atoms with Crippen molar-refractivity contribution in [3.63, 3.8) is 0 Å². The third kappa shape index (κ3) is 22.3. The van der Waals surface area contributed by atoms with Crippen LogP contribution in [-0.4, -0.2) is 180 Å². The zero-order valence-electron chi connectivity index (χ0n) is 56.7. The summed E-state index contributed by atoms with van der Waals surface area (Å²) in [5.74, 6) is -3.25. The Hall–Kier alpha value is -9.19. The molecule has 0 saturated heterocycles. The lowest BCUT2D eigenvalue weighted by Crippen LogP contribution is -2.33. The van der Waals surface area contributed by atoms with Gasteiger partial charge in [-0.1, -0.05) is 29.8 Å². The second-order valence-electron chi connectivity index (χ2n) is 25.6. The van der Waals surface area contributed by atoms with E-state index in [4.69, 9.17) is 43.0 Å². The summed E-state index contributed by atoms with van der Waals surface area (Å²) in [6, 6.07) is 14.4. The molecule has 11 atom stereocenters. The molecule has 0 spiro atoms. The maximum Gasteiger partial charge on any atom is 0.416 e. The summed E-state index contributed by atoms with van der Waals surface area (Å²) in [6.45, 7) is -1.13. The zero-order chi connectivity index (χ0) is 79.8. The summed E-state index contributed by atoms with van der Waals surface area (Å²) in [6.07, 6.45) is -1.24. The number of nitrogens with zero attached hydrogens (tertiary/aromatic N) is 11. The lowest BCUT2D eigenvalue weighted by molar-refractivity contribution is -0.138. The van der Waals surface area contributed by atoms with Gasteiger partial charge in [0.25, 0.3) is 0 Å². The van der Waals surface area contributed by atoms with E-state index in [0.29, 0.717) is 41.7 Å². The van der Waals surface area contributed by atoms with Gasteiger partial charge in [-0.25, -0.2) is 49.7 Å². The van der Waals surface area contributed by atoms with E-state index in [2.05, 4.69) is 63.3 Å². The monoisotopic (exact) mass is 1640 g/mol. The summed E-state index contributed by atoms with van der Waals surface area (Å²) in [5.41, 5.74) is -0.760. The number of hydrogen-bond donors (Lipinski definition) is 9. The molecule has 110 heavy (non-hydrogen) atoms. The average Bonchev–Trinajstić information content (AvgIpc) is 1.63. The van der Waals surface area contributed by atoms with Gasteiger partial charge in [-0.15, -0.1) is 0 Å². The van der Waals surface area contributed by atoms with Crippen molar-refractivity contribution in [2.24, 2.45) is 39.1 Å². The highest BCUT2D eigenvalue weighted by Crippen LogP contribution is 2.38. The van der Waals surface area contributed by atoms with Crippen molar-refractivity contribution in [2.75, 3.05) is 30.5 Å². The van der Waals surface area contributed by atoms with Crippen LogP contribution >= 0.6 is 23.2 Å². The highest BCUT2D eigenvalue weighted by Gasteiger charge is 2.45. The van der Waals surface area contributed by atoms with Crippen molar-refractivity contribution in [3.05, 3.63) is 213 Å². The van der Waals surface area contributed by atoms with Gasteiger partial charge in [-0.3, -0.25) is 36.3 Å². The van der Waals surface area contributed by atoms with Crippen LogP contribution in [0.5, 0.6) is 0 Å². The van der Waals surface area contributed by atoms with Crippen LogP contribution in [0.2, 0.25) is 10.2 Å². The highest BCUT2D eigenvalue weighted by molar-refractivity contribution is 7.84. The predicted octanol–water partition coefficient (Wildman–Crippen LogP) is 5.01. The topological polar surface area (TPSA) is 495 Å². The van der Waals surface area contributed by atoms with Crippen LogP contribution in [-0.2, 0) is 81.9 Å². The predicted molar refractivity (Wildman–Crippen MR) is 371 cm³/mol. The fraction of sp³-hybridized carbons (Fsp3) is 0.369. The molecular formula is C65H67Cl2F7N16O17S3. The summed E-state index contributed by atoms with van der Waals surface area (Å²) in [5, 5.41) is 70.2. The third-order valence-electron chi connectivity index (χ3n) is 17.8. The molecule has 9 aromatic rings. The van der Waals surface area contributed by atoms with Gasteiger partial charge in [-0.05, 0) is 115 Å². The molecule has 590 valence electrons. The van der Waals surface area contributed by atoms with Gasteiger partial charge in [-0.2, -0.15) is 61.8 Å². The lowest BCUT2D eigenvalue weighted by Gasteiger charge is -2.18. The van der Waals surface area contributed by atoms with Crippen molar-refractivity contribution >= 4 is 83.1 Å². The number of alkyl halides is 7. The molecule has 3 aliphatic carbocycles. The van der Waals surface area contributed by atoms with Crippen LogP contribution < -0.4 is 26.1 Å². The molecule has 33 nitrogen and oxygen atoms in total. The molecule has 3 fully saturated rings. The Morgan fingerprint density at radius 2 is 1.13 bits per heavy atom. The van der Waals surface area contributed by atoms with E-state index in [9.17, 15) is 90.8 Å². The minimum Gasteiger partial charge on any atom is -0.448 e. The number of nitrogens with one attached hydrogen (secondary N) is 2. The highest BCUT2D eigenvalue weighted by atomic mass is 35.5. The Kier molecular flexibility index (Phi) is 26.5. The van der Waals surface area contributed by atoms with Gasteiger partial charge >= 0.3 is 43.3 Å². The first-order chi connectivity index (χ1) is 51.7. The van der Waals surface area contributed by atoms with E-state index in [1.54, 1.807) is 35.2 Å². The standard InChI is InChI=1S/C23H24F3N5O6S.C22H21ClF4N6O5S.C20H22ClN5O6S/c24-23(25,26)17-4-2-1-3-13(17)10-31-6-5-18(30-31)22(34)16-9-28-12-29-19(16)8-14-7-15(21(33)20(14)32)11-37-38(27,35)36;23-15-2-1-13(22(25,26)27)5-11(15)8-33-4-3-16(32-33)20(35)14-7-29-10-30-21(14)31-17-6-12(19(34)18(17)24)9-38-39(28,36)37;21-18-2-1-15(32-18)9-26-4-3-12(8-26)19(28)16-7-23-11-24-20(16)25-14-5-13(17(27)6-14)10-31-33(22,29)30/h1-6,9,12,14-15,20-21,32-33H,7-8,10-11H2,(H2,27,35,36);1-5,7,10,12,17-19,34H,6,8-9H2,(H2,28,36,37)(H,29,30,31);1-4,7-8,11,13-14,17,27H,5-6,9-10H2,(H2,22,29,30)(H,23,24,25)/t14-,15+,20-,21+;12-,17-,18-,19-;13-,14-,17+/m011/s1. The van der Waals surface area contributed by atoms with Crippen LogP contribution in [0.15, 0.2) is 140 Å². The molecule has 0 amide bonds. The quantitative estimate of drug-likeness (QED) is 0.0241. The van der Waals surface area contributed by atoms with Gasteiger partial charge < -0.3 is 40.0 Å². The molecule has 3 aliphatic rings. The summed E-state index contributed by atoms with van der Waals surface area (Å²) >= 11 is 11.8. The molecule has 0 bridgehead atoms. The molecule has 45 heteroatoms. The first-order valence-corrected chi connectivity index (χ1v) is 37.8. The average molecular weight is 1640 g/mol. The largest absolute Gasteiger partial charge is 0.448 e. The van der Waals surface area contributed by atoms with Crippen LogP contribution in [0, 0.1) is 23.7 Å². The molecule has 0 unspecified atom stereocenters.